The molecule has 0 fully saturated rings. The Bertz CT molecular complexity index is 597. The number of amides is 2. The molecule has 0 saturated carbocycles. The summed E-state index contributed by atoms with van der Waals surface area (Å²) < 4.78 is 0. The number of carbonyl (C=O) groups is 2. The number of benzene rings is 1. The third-order valence-electron chi connectivity index (χ3n) is 4.34. The zero-order valence-corrected chi connectivity index (χ0v) is 16.4. The molecule has 1 rings (SSSR count). The fourth-order valence-electron chi connectivity index (χ4n) is 2.51. The first kappa shape index (κ1) is 21.2. The predicted molar refractivity (Wildman–Crippen MR) is 104 cm³/mol. The zero-order chi connectivity index (χ0) is 19.1. The summed E-state index contributed by atoms with van der Waals surface area (Å²) in [6.45, 7) is 10.7. The first-order chi connectivity index (χ1) is 11.6. The molecule has 0 heterocycles. The minimum Gasteiger partial charge on any atom is -0.342 e. The molecule has 0 saturated heterocycles. The van der Waals surface area contributed by atoms with Crippen molar-refractivity contribution in [3.05, 3.63) is 29.3 Å². The Balaban J connectivity index is 2.71. The second kappa shape index (κ2) is 9.56. The van der Waals surface area contributed by atoms with Gasteiger partial charge in [0.05, 0.1) is 0 Å². The average Bonchev–Trinajstić information content (AvgIpc) is 2.52. The Morgan fingerprint density at radius 1 is 1.20 bits per heavy atom. The number of nitrogens with two attached hydrogens (primary N) is 1. The number of hydrogen-bond donors (Lipinski definition) is 2. The summed E-state index contributed by atoms with van der Waals surface area (Å²) in [5, 5.41) is 2.91. The number of nitrogens with zero attached hydrogens (tertiary/aromatic N) is 1. The molecular formula is C20H33N3O2. The summed E-state index contributed by atoms with van der Waals surface area (Å²) in [5.41, 5.74) is 8.32. The molecule has 0 bridgehead atoms. The molecule has 25 heavy (non-hydrogen) atoms. The largest absolute Gasteiger partial charge is 0.342 e. The van der Waals surface area contributed by atoms with E-state index in [1.54, 1.807) is 24.1 Å². The van der Waals surface area contributed by atoms with Crippen LogP contribution in [0.5, 0.6) is 0 Å². The minimum absolute atomic E-state index is 0.00281. The summed E-state index contributed by atoms with van der Waals surface area (Å²) in [6.07, 6.45) is 1.27. The van der Waals surface area contributed by atoms with Crippen LogP contribution in [0.15, 0.2) is 18.2 Å². The van der Waals surface area contributed by atoms with E-state index < -0.39 is 0 Å². The molecule has 1 aromatic carbocycles. The van der Waals surface area contributed by atoms with Crippen molar-refractivity contribution in [2.24, 2.45) is 17.6 Å². The lowest BCUT2D eigenvalue weighted by Crippen LogP contribution is -2.34. The van der Waals surface area contributed by atoms with Crippen molar-refractivity contribution >= 4 is 17.5 Å². The van der Waals surface area contributed by atoms with Crippen LogP contribution in [0, 0.1) is 18.8 Å². The van der Waals surface area contributed by atoms with Gasteiger partial charge in [-0.1, -0.05) is 27.7 Å². The molecular weight excluding hydrogens is 314 g/mol. The van der Waals surface area contributed by atoms with Crippen LogP contribution in [-0.2, 0) is 4.79 Å². The molecule has 5 heteroatoms. The lowest BCUT2D eigenvalue weighted by molar-refractivity contribution is -0.116. The lowest BCUT2D eigenvalue weighted by atomic mass is 10.0. The van der Waals surface area contributed by atoms with Gasteiger partial charge in [-0.2, -0.15) is 0 Å². The van der Waals surface area contributed by atoms with Crippen LogP contribution >= 0.6 is 0 Å². The SMILES string of the molecule is Cc1cc(C(=O)N(C)CCC(N)C(C)C)ccc1NC(=O)CC(C)C. The highest BCUT2D eigenvalue weighted by atomic mass is 16.2. The van der Waals surface area contributed by atoms with Gasteiger partial charge in [-0.05, 0) is 48.9 Å². The topological polar surface area (TPSA) is 75.4 Å². The van der Waals surface area contributed by atoms with Crippen molar-refractivity contribution in [3.8, 4) is 0 Å². The van der Waals surface area contributed by atoms with Crippen LogP contribution in [0.3, 0.4) is 0 Å². The maximum Gasteiger partial charge on any atom is 0.253 e. The molecule has 2 amide bonds. The summed E-state index contributed by atoms with van der Waals surface area (Å²) in [4.78, 5) is 26.2. The van der Waals surface area contributed by atoms with E-state index in [9.17, 15) is 9.59 Å². The maximum atomic E-state index is 12.6. The van der Waals surface area contributed by atoms with Crippen LogP contribution < -0.4 is 11.1 Å². The number of nitrogens with one attached hydrogen (secondary N) is 1. The van der Waals surface area contributed by atoms with E-state index in [4.69, 9.17) is 5.73 Å². The maximum absolute atomic E-state index is 12.6. The Morgan fingerprint density at radius 3 is 2.36 bits per heavy atom. The van der Waals surface area contributed by atoms with Gasteiger partial charge in [0.15, 0.2) is 0 Å². The van der Waals surface area contributed by atoms with Gasteiger partial charge >= 0.3 is 0 Å². The predicted octanol–water partition coefficient (Wildman–Crippen LogP) is 3.43. The lowest BCUT2D eigenvalue weighted by Gasteiger charge is -2.22. The van der Waals surface area contributed by atoms with Crippen molar-refractivity contribution in [2.75, 3.05) is 18.9 Å². The van der Waals surface area contributed by atoms with Gasteiger partial charge in [0.2, 0.25) is 5.91 Å². The number of carbonyl (C=O) groups excluding carboxylic acids is 2. The molecule has 3 N–H and O–H groups in total. The third-order valence-corrected chi connectivity index (χ3v) is 4.34. The highest BCUT2D eigenvalue weighted by Gasteiger charge is 2.16. The molecule has 1 atom stereocenters. The second-order valence-corrected chi connectivity index (χ2v) is 7.60. The fraction of sp³-hybridized carbons (Fsp3) is 0.600. The molecule has 0 aromatic heterocycles. The smallest absolute Gasteiger partial charge is 0.253 e. The van der Waals surface area contributed by atoms with E-state index in [1.165, 1.54) is 0 Å². The molecule has 0 aliphatic carbocycles. The highest BCUT2D eigenvalue weighted by molar-refractivity contribution is 5.96. The van der Waals surface area contributed by atoms with Crippen LogP contribution in [0.2, 0.25) is 0 Å². The quantitative estimate of drug-likeness (QED) is 0.756. The number of anilines is 1. The monoisotopic (exact) mass is 347 g/mol. The standard InChI is InChI=1S/C20H33N3O2/c1-13(2)11-19(24)22-18-8-7-16(12-15(18)5)20(25)23(6)10-9-17(21)14(3)4/h7-8,12-14,17H,9-11,21H2,1-6H3,(H,22,24). The first-order valence-electron chi connectivity index (χ1n) is 9.03. The molecule has 140 valence electrons. The van der Waals surface area contributed by atoms with E-state index in [2.05, 4.69) is 19.2 Å². The Kier molecular flexibility index (Phi) is 8.10. The molecule has 1 unspecified atom stereocenters. The van der Waals surface area contributed by atoms with Crippen LogP contribution in [0.4, 0.5) is 5.69 Å². The Morgan fingerprint density at radius 2 is 1.84 bits per heavy atom. The van der Waals surface area contributed by atoms with Crippen molar-refractivity contribution in [2.45, 2.75) is 53.5 Å². The van der Waals surface area contributed by atoms with Gasteiger partial charge in [0.25, 0.3) is 5.91 Å². The zero-order valence-electron chi connectivity index (χ0n) is 16.4. The number of aryl methyl sites for hydroxylation is 1. The molecule has 1 aromatic rings. The van der Waals surface area contributed by atoms with Gasteiger partial charge in [-0.3, -0.25) is 9.59 Å². The van der Waals surface area contributed by atoms with Gasteiger partial charge in [0.1, 0.15) is 0 Å². The fourth-order valence-corrected chi connectivity index (χ4v) is 2.51. The average molecular weight is 348 g/mol. The normalized spacial score (nSPS) is 12.4. The summed E-state index contributed by atoms with van der Waals surface area (Å²) in [5.74, 6) is 0.683. The minimum atomic E-state index is -0.0286. The third kappa shape index (κ3) is 6.86. The second-order valence-electron chi connectivity index (χ2n) is 7.60. The van der Waals surface area contributed by atoms with Crippen molar-refractivity contribution in [3.63, 3.8) is 0 Å². The Labute approximate surface area is 152 Å². The van der Waals surface area contributed by atoms with Gasteiger partial charge < -0.3 is 16.0 Å². The van der Waals surface area contributed by atoms with E-state index in [0.29, 0.717) is 30.4 Å². The number of rotatable bonds is 8. The van der Waals surface area contributed by atoms with Crippen molar-refractivity contribution < 1.29 is 9.59 Å². The van der Waals surface area contributed by atoms with E-state index in [0.717, 1.165) is 17.7 Å². The van der Waals surface area contributed by atoms with Crippen molar-refractivity contribution in [1.82, 2.24) is 4.90 Å². The first-order valence-corrected chi connectivity index (χ1v) is 9.03. The summed E-state index contributed by atoms with van der Waals surface area (Å²) >= 11 is 0. The van der Waals surface area contributed by atoms with Crippen LogP contribution in [0.25, 0.3) is 0 Å². The highest BCUT2D eigenvalue weighted by Crippen LogP contribution is 2.18. The molecule has 0 aliphatic heterocycles. The van der Waals surface area contributed by atoms with Crippen LogP contribution in [0.1, 0.15) is 56.5 Å². The van der Waals surface area contributed by atoms with E-state index in [-0.39, 0.29) is 17.9 Å². The summed E-state index contributed by atoms with van der Waals surface area (Å²) in [6, 6.07) is 5.48. The summed E-state index contributed by atoms with van der Waals surface area (Å²) in [7, 11) is 1.79. The number of hydrogen-bond acceptors (Lipinski definition) is 3. The Hall–Kier alpha value is -1.88. The van der Waals surface area contributed by atoms with Crippen LogP contribution in [-0.4, -0.2) is 36.3 Å². The van der Waals surface area contributed by atoms with Gasteiger partial charge in [-0.25, -0.2) is 0 Å². The van der Waals surface area contributed by atoms with Gasteiger partial charge in [-0.15, -0.1) is 0 Å². The molecule has 0 spiro atoms. The van der Waals surface area contributed by atoms with E-state index >= 15 is 0 Å². The van der Waals surface area contributed by atoms with Crippen molar-refractivity contribution in [1.29, 1.82) is 0 Å². The van der Waals surface area contributed by atoms with Gasteiger partial charge in [0, 0.05) is 37.3 Å². The molecule has 5 nitrogen and oxygen atoms in total. The molecule has 0 radical (unpaired) electrons. The molecule has 0 aliphatic rings. The van der Waals surface area contributed by atoms with E-state index in [1.807, 2.05) is 26.8 Å².